The molecular weight excluding hydrogens is 233 g/mol. The van der Waals surface area contributed by atoms with Crippen molar-refractivity contribution in [3.63, 3.8) is 0 Å². The number of hydrogen-bond donors (Lipinski definition) is 1. The smallest absolute Gasteiger partial charge is 0.327 e. The molecule has 0 unspecified atom stereocenters. The predicted octanol–water partition coefficient (Wildman–Crippen LogP) is 1.71. The highest BCUT2D eigenvalue weighted by Crippen LogP contribution is 2.21. The van der Waals surface area contributed by atoms with Crippen molar-refractivity contribution in [2.24, 2.45) is 0 Å². The van der Waals surface area contributed by atoms with Gasteiger partial charge in [-0.05, 0) is 26.3 Å². The molecule has 0 aromatic heterocycles. The number of carbonyl (C=O) groups is 1. The van der Waals surface area contributed by atoms with E-state index in [-0.39, 0.29) is 0 Å². The molecule has 1 aliphatic rings. The summed E-state index contributed by atoms with van der Waals surface area (Å²) in [6, 6.07) is -0.465. The van der Waals surface area contributed by atoms with E-state index in [1.807, 2.05) is 0 Å². The van der Waals surface area contributed by atoms with Gasteiger partial charge in [0.25, 0.3) is 0 Å². The lowest BCUT2D eigenvalue weighted by Gasteiger charge is -2.30. The van der Waals surface area contributed by atoms with Gasteiger partial charge in [-0.25, -0.2) is 0 Å². The number of nitrogens with zero attached hydrogens (tertiary/aromatic N) is 1. The van der Waals surface area contributed by atoms with E-state index in [2.05, 4.69) is 5.32 Å². The first-order valence-corrected chi connectivity index (χ1v) is 5.49. The number of amides is 1. The van der Waals surface area contributed by atoms with E-state index in [9.17, 15) is 18.0 Å². The molecule has 0 radical (unpaired) electrons. The van der Waals surface area contributed by atoms with Gasteiger partial charge in [0.1, 0.15) is 6.54 Å². The molecule has 98 valence electrons. The second kappa shape index (κ2) is 5.08. The predicted molar refractivity (Wildman–Crippen MR) is 58.5 cm³/mol. The average Bonchev–Trinajstić information content (AvgIpc) is 2.08. The summed E-state index contributed by atoms with van der Waals surface area (Å²) < 4.78 is 37.1. The van der Waals surface area contributed by atoms with Crippen LogP contribution in [0.15, 0.2) is 11.1 Å². The van der Waals surface area contributed by atoms with E-state index in [0.29, 0.717) is 18.7 Å². The Hall–Kier alpha value is -1.04. The monoisotopic (exact) mass is 250 g/mol. The normalized spacial score (nSPS) is 15.8. The minimum Gasteiger partial charge on any atom is -0.327 e. The Balaban J connectivity index is 2.81. The molecule has 0 aliphatic carbocycles. The van der Waals surface area contributed by atoms with E-state index < -0.39 is 24.7 Å². The molecule has 0 aromatic rings. The van der Waals surface area contributed by atoms with Gasteiger partial charge in [-0.2, -0.15) is 13.2 Å². The molecule has 1 aliphatic heterocycles. The first-order valence-electron chi connectivity index (χ1n) is 5.49. The molecule has 0 aromatic carbocycles. The molecule has 0 atom stereocenters. The molecule has 1 fully saturated rings. The second-order valence-corrected chi connectivity index (χ2v) is 4.47. The van der Waals surface area contributed by atoms with Crippen LogP contribution < -0.4 is 5.32 Å². The van der Waals surface area contributed by atoms with Gasteiger partial charge in [-0.1, -0.05) is 0 Å². The van der Waals surface area contributed by atoms with E-state index in [4.69, 9.17) is 0 Å². The van der Waals surface area contributed by atoms with Crippen molar-refractivity contribution in [1.82, 2.24) is 10.2 Å². The Morgan fingerprint density at radius 1 is 1.41 bits per heavy atom. The third-order valence-corrected chi connectivity index (χ3v) is 2.76. The van der Waals surface area contributed by atoms with Crippen molar-refractivity contribution in [3.8, 4) is 0 Å². The number of hydrogen-bond acceptors (Lipinski definition) is 2. The highest BCUT2D eigenvalue weighted by Gasteiger charge is 2.35. The first kappa shape index (κ1) is 14.0. The quantitative estimate of drug-likeness (QED) is 0.773. The van der Waals surface area contributed by atoms with Gasteiger partial charge in [0, 0.05) is 24.7 Å². The van der Waals surface area contributed by atoms with Crippen LogP contribution in [0, 0.1) is 0 Å². The second-order valence-electron chi connectivity index (χ2n) is 4.47. The van der Waals surface area contributed by atoms with Crippen molar-refractivity contribution in [2.75, 3.05) is 19.6 Å². The molecule has 1 heterocycles. The summed E-state index contributed by atoms with van der Waals surface area (Å²) in [5, 5.41) is 2.96. The van der Waals surface area contributed by atoms with Crippen LogP contribution in [0.5, 0.6) is 0 Å². The third-order valence-electron chi connectivity index (χ3n) is 2.76. The zero-order valence-corrected chi connectivity index (χ0v) is 10.2. The Kier molecular flexibility index (Phi) is 4.19. The molecule has 3 nitrogen and oxygen atoms in total. The van der Waals surface area contributed by atoms with Crippen LogP contribution in [0.3, 0.4) is 0 Å². The number of alkyl halides is 3. The molecule has 1 saturated heterocycles. The summed E-state index contributed by atoms with van der Waals surface area (Å²) >= 11 is 0. The first-order chi connectivity index (χ1) is 7.72. The van der Waals surface area contributed by atoms with Crippen molar-refractivity contribution in [3.05, 3.63) is 11.1 Å². The van der Waals surface area contributed by atoms with Crippen molar-refractivity contribution in [1.29, 1.82) is 0 Å². The SMILES string of the molecule is CC(C(=O)N(CC(F)(F)F)C(C)C)=C1CNC1. The summed E-state index contributed by atoms with van der Waals surface area (Å²) in [7, 11) is 0. The van der Waals surface area contributed by atoms with Crippen LogP contribution in [0.2, 0.25) is 0 Å². The molecule has 0 saturated carbocycles. The lowest BCUT2D eigenvalue weighted by Crippen LogP contribution is -2.45. The zero-order chi connectivity index (χ0) is 13.2. The molecule has 0 bridgehead atoms. The number of carbonyl (C=O) groups excluding carboxylic acids is 1. The highest BCUT2D eigenvalue weighted by molar-refractivity contribution is 5.94. The van der Waals surface area contributed by atoms with Crippen molar-refractivity contribution in [2.45, 2.75) is 33.0 Å². The van der Waals surface area contributed by atoms with Crippen LogP contribution in [0.4, 0.5) is 13.2 Å². The maximum absolute atomic E-state index is 12.4. The molecule has 1 amide bonds. The van der Waals surface area contributed by atoms with Crippen LogP contribution in [0.1, 0.15) is 20.8 Å². The van der Waals surface area contributed by atoms with Gasteiger partial charge in [0.2, 0.25) is 5.91 Å². The fourth-order valence-electron chi connectivity index (χ4n) is 1.56. The van der Waals surface area contributed by atoms with Gasteiger partial charge >= 0.3 is 6.18 Å². The third kappa shape index (κ3) is 3.73. The van der Waals surface area contributed by atoms with Crippen LogP contribution >= 0.6 is 0 Å². The van der Waals surface area contributed by atoms with Crippen molar-refractivity contribution >= 4 is 5.91 Å². The molecular formula is C11H17F3N2O. The highest BCUT2D eigenvalue weighted by atomic mass is 19.4. The molecule has 1 N–H and O–H groups in total. The van der Waals surface area contributed by atoms with Gasteiger partial charge in [-0.3, -0.25) is 4.79 Å². The van der Waals surface area contributed by atoms with Crippen LogP contribution in [0.25, 0.3) is 0 Å². The van der Waals surface area contributed by atoms with Crippen LogP contribution in [-0.4, -0.2) is 42.7 Å². The van der Waals surface area contributed by atoms with E-state index in [0.717, 1.165) is 10.5 Å². The lowest BCUT2D eigenvalue weighted by atomic mass is 10.0. The van der Waals surface area contributed by atoms with E-state index in [1.165, 1.54) is 0 Å². The van der Waals surface area contributed by atoms with E-state index in [1.54, 1.807) is 20.8 Å². The number of rotatable bonds is 3. The van der Waals surface area contributed by atoms with E-state index >= 15 is 0 Å². The zero-order valence-electron chi connectivity index (χ0n) is 10.2. The summed E-state index contributed by atoms with van der Waals surface area (Å²) in [6.07, 6.45) is -4.36. The largest absolute Gasteiger partial charge is 0.406 e. The lowest BCUT2D eigenvalue weighted by molar-refractivity contribution is -0.162. The maximum Gasteiger partial charge on any atom is 0.406 e. The summed E-state index contributed by atoms with van der Waals surface area (Å²) in [4.78, 5) is 12.8. The molecule has 6 heteroatoms. The number of halogens is 3. The van der Waals surface area contributed by atoms with Gasteiger partial charge in [-0.15, -0.1) is 0 Å². The standard InChI is InChI=1S/C11H17F3N2O/c1-7(2)16(6-11(12,13)14)10(17)8(3)9-4-15-5-9/h7,15H,4-6H2,1-3H3. The molecule has 0 spiro atoms. The minimum absolute atomic E-state index is 0.432. The molecule has 1 rings (SSSR count). The van der Waals surface area contributed by atoms with Gasteiger partial charge in [0.15, 0.2) is 0 Å². The summed E-state index contributed by atoms with van der Waals surface area (Å²) in [6.45, 7) is 4.75. The van der Waals surface area contributed by atoms with Crippen molar-refractivity contribution < 1.29 is 18.0 Å². The van der Waals surface area contributed by atoms with Gasteiger partial charge < -0.3 is 10.2 Å². The Morgan fingerprint density at radius 2 is 1.94 bits per heavy atom. The minimum atomic E-state index is -4.36. The molecule has 17 heavy (non-hydrogen) atoms. The fraction of sp³-hybridized carbons (Fsp3) is 0.727. The topological polar surface area (TPSA) is 32.3 Å². The Morgan fingerprint density at radius 3 is 2.24 bits per heavy atom. The Bertz CT molecular complexity index is 328. The van der Waals surface area contributed by atoms with Crippen LogP contribution in [-0.2, 0) is 4.79 Å². The number of nitrogens with one attached hydrogen (secondary N) is 1. The summed E-state index contributed by atoms with van der Waals surface area (Å²) in [5.41, 5.74) is 1.32. The fourth-order valence-corrected chi connectivity index (χ4v) is 1.56. The summed E-state index contributed by atoms with van der Waals surface area (Å²) in [5.74, 6) is -0.520. The average molecular weight is 250 g/mol. The maximum atomic E-state index is 12.4. The van der Waals surface area contributed by atoms with Gasteiger partial charge in [0.05, 0.1) is 0 Å². The Labute approximate surface area is 98.7 Å².